The fourth-order valence-electron chi connectivity index (χ4n) is 5.07. The summed E-state index contributed by atoms with van der Waals surface area (Å²) in [7, 11) is 0. The lowest BCUT2D eigenvalue weighted by atomic mass is 9.69. The summed E-state index contributed by atoms with van der Waals surface area (Å²) in [6, 6.07) is 0.393. The maximum absolute atomic E-state index is 5.26. The predicted octanol–water partition coefficient (Wildman–Crippen LogP) is 4.50. The smallest absolute Gasteiger partial charge is 0.0837 e. The largest absolute Gasteiger partial charge is 0.383 e. The summed E-state index contributed by atoms with van der Waals surface area (Å²) in [5.41, 5.74) is 7.39. The van der Waals surface area contributed by atoms with Gasteiger partial charge in [0, 0.05) is 34.2 Å². The van der Waals surface area contributed by atoms with Gasteiger partial charge in [0.15, 0.2) is 0 Å². The Labute approximate surface area is 156 Å². The first kappa shape index (κ1) is 16.2. The van der Waals surface area contributed by atoms with E-state index in [1.54, 1.807) is 0 Å². The highest BCUT2D eigenvalue weighted by Gasteiger charge is 2.52. The van der Waals surface area contributed by atoms with Crippen molar-refractivity contribution in [3.8, 4) is 0 Å². The molecule has 0 aromatic carbocycles. The van der Waals surface area contributed by atoms with Crippen LogP contribution in [0.3, 0.4) is 0 Å². The Kier molecular flexibility index (Phi) is 3.44. The molecule has 136 valence electrons. The molecular formula is C22H28N4. The number of nitrogens with zero attached hydrogens (tertiary/aromatic N) is 3. The Morgan fingerprint density at radius 2 is 1.50 bits per heavy atom. The van der Waals surface area contributed by atoms with Gasteiger partial charge >= 0.3 is 0 Å². The van der Waals surface area contributed by atoms with Crippen LogP contribution in [0, 0.1) is 5.41 Å². The van der Waals surface area contributed by atoms with Crippen LogP contribution in [0.1, 0.15) is 65.7 Å². The molecule has 0 saturated carbocycles. The number of allylic oxidation sites excluding steroid dienone is 6. The van der Waals surface area contributed by atoms with E-state index in [1.165, 1.54) is 34.2 Å². The number of nitrogens with one attached hydrogen (secondary N) is 1. The number of hydrogen-bond acceptors (Lipinski definition) is 4. The lowest BCUT2D eigenvalue weighted by molar-refractivity contribution is 0.170. The van der Waals surface area contributed by atoms with E-state index in [2.05, 4.69) is 44.3 Å². The Bertz CT molecular complexity index is 849. The normalized spacial score (nSPS) is 34.7. The van der Waals surface area contributed by atoms with Crippen molar-refractivity contribution in [3.63, 3.8) is 0 Å². The van der Waals surface area contributed by atoms with Crippen LogP contribution in [0.5, 0.6) is 0 Å². The van der Waals surface area contributed by atoms with Gasteiger partial charge in [-0.3, -0.25) is 15.0 Å². The zero-order valence-electron chi connectivity index (χ0n) is 16.1. The molecule has 4 nitrogen and oxygen atoms in total. The molecule has 0 amide bonds. The summed E-state index contributed by atoms with van der Waals surface area (Å²) in [6.45, 7) is 7.08. The molecule has 4 heteroatoms. The Hall–Kier alpha value is -1.97. The maximum Gasteiger partial charge on any atom is 0.0837 e. The maximum atomic E-state index is 5.26. The number of aliphatic imine (C=N–C) groups is 3. The van der Waals surface area contributed by atoms with E-state index in [9.17, 15) is 0 Å². The molecule has 0 aliphatic carbocycles. The molecule has 2 atom stereocenters. The summed E-state index contributed by atoms with van der Waals surface area (Å²) < 4.78 is 0. The lowest BCUT2D eigenvalue weighted by Gasteiger charge is -2.41. The molecule has 1 N–H and O–H groups in total. The second-order valence-corrected chi connectivity index (χ2v) is 9.19. The highest BCUT2D eigenvalue weighted by Crippen LogP contribution is 2.48. The molecule has 26 heavy (non-hydrogen) atoms. The van der Waals surface area contributed by atoms with Gasteiger partial charge in [-0.25, -0.2) is 0 Å². The van der Waals surface area contributed by atoms with Crippen molar-refractivity contribution in [2.75, 3.05) is 0 Å². The summed E-state index contributed by atoms with van der Waals surface area (Å²) >= 11 is 0. The lowest BCUT2D eigenvalue weighted by Crippen LogP contribution is -2.51. The Balaban J connectivity index is 1.62. The fraction of sp³-hybridized carbons (Fsp3) is 0.591. The zero-order chi connectivity index (χ0) is 17.9. The van der Waals surface area contributed by atoms with Gasteiger partial charge in [-0.1, -0.05) is 13.8 Å². The van der Waals surface area contributed by atoms with E-state index in [0.717, 1.165) is 44.9 Å². The second kappa shape index (κ2) is 5.51. The van der Waals surface area contributed by atoms with Crippen molar-refractivity contribution in [1.82, 2.24) is 5.32 Å². The van der Waals surface area contributed by atoms with Gasteiger partial charge in [-0.15, -0.1) is 0 Å². The predicted molar refractivity (Wildman–Crippen MR) is 108 cm³/mol. The van der Waals surface area contributed by atoms with Crippen molar-refractivity contribution in [2.24, 2.45) is 20.4 Å². The van der Waals surface area contributed by atoms with Crippen molar-refractivity contribution in [1.29, 1.82) is 0 Å². The van der Waals surface area contributed by atoms with Gasteiger partial charge in [0.2, 0.25) is 0 Å². The van der Waals surface area contributed by atoms with E-state index in [1.807, 2.05) is 0 Å². The first-order chi connectivity index (χ1) is 12.4. The average Bonchev–Trinajstić information content (AvgIpc) is 3.31. The van der Waals surface area contributed by atoms with Gasteiger partial charge in [0.05, 0.1) is 11.6 Å². The molecule has 1 saturated heterocycles. The Morgan fingerprint density at radius 3 is 2.23 bits per heavy atom. The molecule has 0 spiro atoms. The molecule has 2 unspecified atom stereocenters. The van der Waals surface area contributed by atoms with E-state index >= 15 is 0 Å². The van der Waals surface area contributed by atoms with E-state index in [4.69, 9.17) is 15.0 Å². The van der Waals surface area contributed by atoms with Gasteiger partial charge in [-0.2, -0.15) is 0 Å². The third-order valence-electron chi connectivity index (χ3n) is 6.97. The highest BCUT2D eigenvalue weighted by atomic mass is 15.1. The average molecular weight is 348 g/mol. The highest BCUT2D eigenvalue weighted by molar-refractivity contribution is 6.03. The molecule has 0 aromatic rings. The molecule has 1 fully saturated rings. The summed E-state index contributed by atoms with van der Waals surface area (Å²) in [5, 5.41) is 3.81. The third-order valence-corrected chi connectivity index (χ3v) is 6.97. The number of hydrogen-bond donors (Lipinski definition) is 1. The topological polar surface area (TPSA) is 49.1 Å². The van der Waals surface area contributed by atoms with Gasteiger partial charge < -0.3 is 5.32 Å². The second-order valence-electron chi connectivity index (χ2n) is 9.19. The van der Waals surface area contributed by atoms with Crippen LogP contribution in [-0.2, 0) is 0 Å². The molecular weight excluding hydrogens is 320 g/mol. The number of fused-ring (bicyclic) bond motifs is 6. The quantitative estimate of drug-likeness (QED) is 0.688. The van der Waals surface area contributed by atoms with Gasteiger partial charge in [0.1, 0.15) is 0 Å². The van der Waals surface area contributed by atoms with Gasteiger partial charge in [-0.05, 0) is 75.5 Å². The summed E-state index contributed by atoms with van der Waals surface area (Å²) in [6.07, 6.45) is 14.2. The van der Waals surface area contributed by atoms with E-state index < -0.39 is 0 Å². The van der Waals surface area contributed by atoms with Crippen LogP contribution in [0.2, 0.25) is 0 Å². The van der Waals surface area contributed by atoms with Crippen LogP contribution in [-0.4, -0.2) is 28.7 Å². The van der Waals surface area contributed by atoms with Crippen molar-refractivity contribution in [3.05, 3.63) is 35.3 Å². The van der Waals surface area contributed by atoms with Crippen LogP contribution in [0.4, 0.5) is 0 Å². The van der Waals surface area contributed by atoms with Crippen LogP contribution < -0.4 is 5.32 Å². The molecule has 0 radical (unpaired) electrons. The number of rotatable bonds is 0. The first-order valence-electron chi connectivity index (χ1n) is 10.0. The van der Waals surface area contributed by atoms with E-state index in [-0.39, 0.29) is 11.0 Å². The van der Waals surface area contributed by atoms with Crippen LogP contribution in [0.25, 0.3) is 0 Å². The van der Waals surface area contributed by atoms with Crippen molar-refractivity contribution < 1.29 is 0 Å². The monoisotopic (exact) mass is 348 g/mol. The standard InChI is InChI=1S/C22H28N4/c1-21(2)13-19-12-17-7-6-15(24-17)10-14-4-5-16(23-14)11-18-8-9-20(25-18)22(21,3)26-19/h10-12,20,25H,4-9,13H2,1-3H3. The molecule has 5 aliphatic heterocycles. The zero-order valence-corrected chi connectivity index (χ0v) is 16.1. The Morgan fingerprint density at radius 1 is 0.846 bits per heavy atom. The fourth-order valence-corrected chi connectivity index (χ4v) is 5.07. The van der Waals surface area contributed by atoms with Gasteiger partial charge in [0.25, 0.3) is 0 Å². The molecule has 0 aromatic heterocycles. The SMILES string of the molecule is CC1(C)CC2=NC1(C)C1CCC(=CC3=NC(=CC4=NC(=C2)CC4)CC3)N1. The van der Waals surface area contributed by atoms with Crippen LogP contribution >= 0.6 is 0 Å². The van der Waals surface area contributed by atoms with Crippen LogP contribution in [0.15, 0.2) is 50.3 Å². The minimum Gasteiger partial charge on any atom is -0.383 e. The van der Waals surface area contributed by atoms with E-state index in [0.29, 0.717) is 6.04 Å². The molecule has 5 aliphatic rings. The molecule has 8 bridgehead atoms. The van der Waals surface area contributed by atoms with Crippen molar-refractivity contribution in [2.45, 2.75) is 77.3 Å². The molecule has 5 rings (SSSR count). The molecule has 5 heterocycles. The summed E-state index contributed by atoms with van der Waals surface area (Å²) in [5.74, 6) is 0. The minimum atomic E-state index is -0.0821. The first-order valence-corrected chi connectivity index (χ1v) is 10.0. The van der Waals surface area contributed by atoms with Crippen molar-refractivity contribution >= 4 is 17.1 Å². The summed E-state index contributed by atoms with van der Waals surface area (Å²) in [4.78, 5) is 15.0. The minimum absolute atomic E-state index is 0.0821. The third kappa shape index (κ3) is 2.53.